The minimum Gasteiger partial charge on any atom is -0.398 e. The van der Waals surface area contributed by atoms with Crippen molar-refractivity contribution in [3.05, 3.63) is 35.1 Å². The summed E-state index contributed by atoms with van der Waals surface area (Å²) in [4.78, 5) is 5.25. The second-order valence-electron chi connectivity index (χ2n) is 3.10. The summed E-state index contributed by atoms with van der Waals surface area (Å²) in [6.07, 6.45) is 3.69. The lowest BCUT2D eigenvalue weighted by Gasteiger charge is -2.05. The number of nitrogens with two attached hydrogens (primary N) is 1. The number of imidazole rings is 1. The Morgan fingerprint density at radius 3 is 2.93 bits per heavy atom. The maximum absolute atomic E-state index is 5.88. The first-order valence-electron chi connectivity index (χ1n) is 4.37. The molecule has 0 unspecified atom stereocenters. The Morgan fingerprint density at radius 1 is 1.47 bits per heavy atom. The largest absolute Gasteiger partial charge is 0.398 e. The molecule has 0 spiro atoms. The van der Waals surface area contributed by atoms with Crippen molar-refractivity contribution in [2.24, 2.45) is 7.05 Å². The molecule has 0 aliphatic heterocycles. The lowest BCUT2D eigenvalue weighted by atomic mass is 10.3. The van der Waals surface area contributed by atoms with Crippen molar-refractivity contribution in [1.82, 2.24) is 9.55 Å². The van der Waals surface area contributed by atoms with Gasteiger partial charge >= 0.3 is 0 Å². The minimum absolute atomic E-state index is 0.770. The van der Waals surface area contributed by atoms with Crippen LogP contribution in [0.3, 0.4) is 0 Å². The van der Waals surface area contributed by atoms with Crippen molar-refractivity contribution in [2.75, 3.05) is 5.73 Å². The fourth-order valence-corrected chi connectivity index (χ4v) is 2.54. The number of benzene rings is 1. The molecule has 0 atom stereocenters. The van der Waals surface area contributed by atoms with E-state index < -0.39 is 0 Å². The molecular weight excluding hydrogens is 274 g/mol. The van der Waals surface area contributed by atoms with Gasteiger partial charge in [-0.2, -0.15) is 0 Å². The van der Waals surface area contributed by atoms with E-state index in [-0.39, 0.29) is 0 Å². The molecule has 3 nitrogen and oxygen atoms in total. The predicted molar refractivity (Wildman–Crippen MR) is 65.9 cm³/mol. The number of nitrogens with zero attached hydrogens (tertiary/aromatic N) is 2. The van der Waals surface area contributed by atoms with Gasteiger partial charge in [0.1, 0.15) is 0 Å². The summed E-state index contributed by atoms with van der Waals surface area (Å²) in [5.41, 5.74) is 6.65. The van der Waals surface area contributed by atoms with Crippen LogP contribution in [0.15, 0.2) is 45.1 Å². The fourth-order valence-electron chi connectivity index (χ4n) is 1.15. The third kappa shape index (κ3) is 2.35. The molecule has 0 amide bonds. The van der Waals surface area contributed by atoms with Crippen LogP contribution >= 0.6 is 27.7 Å². The van der Waals surface area contributed by atoms with Gasteiger partial charge in [-0.1, -0.05) is 15.9 Å². The van der Waals surface area contributed by atoms with E-state index in [9.17, 15) is 0 Å². The first-order chi connectivity index (χ1) is 7.16. The molecule has 0 saturated carbocycles. The van der Waals surface area contributed by atoms with Gasteiger partial charge in [0.25, 0.3) is 0 Å². The number of anilines is 1. The van der Waals surface area contributed by atoms with E-state index in [4.69, 9.17) is 5.73 Å². The van der Waals surface area contributed by atoms with Gasteiger partial charge in [0.05, 0.1) is 0 Å². The number of aryl methyl sites for hydroxylation is 1. The zero-order chi connectivity index (χ0) is 10.8. The number of halogens is 1. The van der Waals surface area contributed by atoms with E-state index >= 15 is 0 Å². The van der Waals surface area contributed by atoms with E-state index in [1.54, 1.807) is 18.0 Å². The third-order valence-corrected chi connectivity index (χ3v) is 3.60. The summed E-state index contributed by atoms with van der Waals surface area (Å²) in [5.74, 6) is 0. The standard InChI is InChI=1S/C10H10BrN3S/c1-14-5-4-13-10(14)15-9-6-7(11)2-3-8(9)12/h2-6H,12H2,1H3. The van der Waals surface area contributed by atoms with Gasteiger partial charge in [-0.3, -0.25) is 0 Å². The Kier molecular flexibility index (Phi) is 3.02. The van der Waals surface area contributed by atoms with Crippen LogP contribution in [-0.4, -0.2) is 9.55 Å². The molecule has 2 rings (SSSR count). The van der Waals surface area contributed by atoms with Crippen molar-refractivity contribution < 1.29 is 0 Å². The van der Waals surface area contributed by atoms with Gasteiger partial charge in [-0.15, -0.1) is 0 Å². The predicted octanol–water partition coefficient (Wildman–Crippen LogP) is 2.92. The smallest absolute Gasteiger partial charge is 0.172 e. The molecule has 0 radical (unpaired) electrons. The molecule has 1 aromatic heterocycles. The molecule has 1 heterocycles. The average Bonchev–Trinajstić information content (AvgIpc) is 2.58. The summed E-state index contributed by atoms with van der Waals surface area (Å²) in [6.45, 7) is 0. The topological polar surface area (TPSA) is 43.8 Å². The lowest BCUT2D eigenvalue weighted by Crippen LogP contribution is -1.92. The number of hydrogen-bond acceptors (Lipinski definition) is 3. The first-order valence-corrected chi connectivity index (χ1v) is 5.98. The quantitative estimate of drug-likeness (QED) is 0.862. The SMILES string of the molecule is Cn1ccnc1Sc1cc(Br)ccc1N. The molecule has 0 fully saturated rings. The molecule has 2 aromatic rings. The monoisotopic (exact) mass is 283 g/mol. The van der Waals surface area contributed by atoms with Crippen molar-refractivity contribution >= 4 is 33.4 Å². The highest BCUT2D eigenvalue weighted by Crippen LogP contribution is 2.32. The van der Waals surface area contributed by atoms with Crippen LogP contribution in [-0.2, 0) is 7.05 Å². The fraction of sp³-hybridized carbons (Fsp3) is 0.100. The summed E-state index contributed by atoms with van der Waals surface area (Å²) < 4.78 is 2.98. The van der Waals surface area contributed by atoms with Crippen LogP contribution in [0.4, 0.5) is 5.69 Å². The molecule has 2 N–H and O–H groups in total. The summed E-state index contributed by atoms with van der Waals surface area (Å²) >= 11 is 4.98. The van der Waals surface area contributed by atoms with Crippen LogP contribution in [0.2, 0.25) is 0 Å². The molecule has 1 aromatic carbocycles. The second kappa shape index (κ2) is 4.28. The number of hydrogen-bond donors (Lipinski definition) is 1. The normalized spacial score (nSPS) is 10.5. The highest BCUT2D eigenvalue weighted by Gasteiger charge is 2.06. The van der Waals surface area contributed by atoms with Gasteiger partial charge in [-0.05, 0) is 30.0 Å². The average molecular weight is 284 g/mol. The Bertz CT molecular complexity index is 481. The van der Waals surface area contributed by atoms with E-state index in [2.05, 4.69) is 20.9 Å². The zero-order valence-electron chi connectivity index (χ0n) is 8.14. The Hall–Kier alpha value is -0.940. The van der Waals surface area contributed by atoms with Gasteiger partial charge in [0, 0.05) is 34.5 Å². The molecule has 15 heavy (non-hydrogen) atoms. The van der Waals surface area contributed by atoms with Crippen molar-refractivity contribution in [2.45, 2.75) is 10.1 Å². The number of aromatic nitrogens is 2. The van der Waals surface area contributed by atoms with E-state index in [1.165, 1.54) is 0 Å². The van der Waals surface area contributed by atoms with Gasteiger partial charge in [-0.25, -0.2) is 4.98 Å². The van der Waals surface area contributed by atoms with E-state index in [1.807, 2.05) is 36.0 Å². The van der Waals surface area contributed by atoms with Crippen LogP contribution in [0.1, 0.15) is 0 Å². The summed E-state index contributed by atoms with van der Waals surface area (Å²) in [7, 11) is 1.96. The molecule has 0 bridgehead atoms. The third-order valence-electron chi connectivity index (χ3n) is 1.95. The molecule has 0 aliphatic rings. The Morgan fingerprint density at radius 2 is 2.27 bits per heavy atom. The Labute approximate surface area is 101 Å². The molecule has 5 heteroatoms. The number of nitrogen functional groups attached to an aromatic ring is 1. The summed E-state index contributed by atoms with van der Waals surface area (Å²) in [5, 5.41) is 0.930. The highest BCUT2D eigenvalue weighted by atomic mass is 79.9. The summed E-state index contributed by atoms with van der Waals surface area (Å²) in [6, 6.07) is 5.81. The molecule has 78 valence electrons. The lowest BCUT2D eigenvalue weighted by molar-refractivity contribution is 0.790. The van der Waals surface area contributed by atoms with Crippen LogP contribution in [0.5, 0.6) is 0 Å². The van der Waals surface area contributed by atoms with Gasteiger partial charge in [0.2, 0.25) is 0 Å². The van der Waals surface area contributed by atoms with Crippen molar-refractivity contribution in [3.8, 4) is 0 Å². The first kappa shape index (κ1) is 10.6. The molecule has 0 saturated heterocycles. The highest BCUT2D eigenvalue weighted by molar-refractivity contribution is 9.10. The maximum atomic E-state index is 5.88. The molecule has 0 aliphatic carbocycles. The molecular formula is C10H10BrN3S. The Balaban J connectivity index is 2.32. The minimum atomic E-state index is 0.770. The van der Waals surface area contributed by atoms with Gasteiger partial charge in [0.15, 0.2) is 5.16 Å². The van der Waals surface area contributed by atoms with Crippen LogP contribution in [0, 0.1) is 0 Å². The second-order valence-corrected chi connectivity index (χ2v) is 5.03. The van der Waals surface area contributed by atoms with Crippen molar-refractivity contribution in [3.63, 3.8) is 0 Å². The van der Waals surface area contributed by atoms with E-state index in [0.717, 1.165) is 20.2 Å². The maximum Gasteiger partial charge on any atom is 0.172 e. The van der Waals surface area contributed by atoms with Crippen LogP contribution in [0.25, 0.3) is 0 Å². The van der Waals surface area contributed by atoms with Gasteiger partial charge < -0.3 is 10.3 Å². The van der Waals surface area contributed by atoms with E-state index in [0.29, 0.717) is 0 Å². The zero-order valence-corrected chi connectivity index (χ0v) is 10.5. The van der Waals surface area contributed by atoms with Crippen LogP contribution < -0.4 is 5.73 Å². The van der Waals surface area contributed by atoms with Crippen molar-refractivity contribution in [1.29, 1.82) is 0 Å². The number of rotatable bonds is 2.